The molecule has 10 heteroatoms. The fourth-order valence-electron chi connectivity index (χ4n) is 3.13. The molecule has 0 atom stereocenters. The minimum Gasteiger partial charge on any atom is -0.497 e. The van der Waals surface area contributed by atoms with E-state index < -0.39 is 0 Å². The molecule has 2 aromatic heterocycles. The van der Waals surface area contributed by atoms with E-state index in [0.29, 0.717) is 45.2 Å². The predicted octanol–water partition coefficient (Wildman–Crippen LogP) is 4.46. The van der Waals surface area contributed by atoms with Gasteiger partial charge in [-0.15, -0.1) is 0 Å². The number of anilines is 1. The maximum atomic E-state index is 13.0. The second-order valence-corrected chi connectivity index (χ2v) is 7.30. The SMILES string of the molecule is COc1cc(Cl)c(NC(=O)c2cn(-c3ccc(-c4noc(C)n4)cc3)nc2C)c(OC)c1. The van der Waals surface area contributed by atoms with Crippen LogP contribution in [0.2, 0.25) is 5.02 Å². The molecule has 1 N–H and O–H groups in total. The molecule has 9 nitrogen and oxygen atoms in total. The topological polar surface area (TPSA) is 104 Å². The van der Waals surface area contributed by atoms with Crippen LogP contribution in [0.25, 0.3) is 17.1 Å². The third-order valence-electron chi connectivity index (χ3n) is 4.78. The van der Waals surface area contributed by atoms with Gasteiger partial charge in [-0.1, -0.05) is 16.8 Å². The van der Waals surface area contributed by atoms with Crippen LogP contribution in [0.3, 0.4) is 0 Å². The summed E-state index contributed by atoms with van der Waals surface area (Å²) >= 11 is 6.32. The summed E-state index contributed by atoms with van der Waals surface area (Å²) in [4.78, 5) is 17.2. The highest BCUT2D eigenvalue weighted by atomic mass is 35.5. The lowest BCUT2D eigenvalue weighted by Gasteiger charge is -2.13. The largest absolute Gasteiger partial charge is 0.497 e. The van der Waals surface area contributed by atoms with Crippen molar-refractivity contribution >= 4 is 23.2 Å². The average molecular weight is 454 g/mol. The highest BCUT2D eigenvalue weighted by Gasteiger charge is 2.19. The molecule has 4 rings (SSSR count). The molecule has 0 saturated carbocycles. The number of hydrogen-bond donors (Lipinski definition) is 1. The molecule has 0 spiro atoms. The third kappa shape index (κ3) is 4.15. The van der Waals surface area contributed by atoms with Crippen LogP contribution in [0.15, 0.2) is 47.1 Å². The molecular weight excluding hydrogens is 434 g/mol. The van der Waals surface area contributed by atoms with E-state index in [1.54, 1.807) is 36.9 Å². The molecule has 2 heterocycles. The Morgan fingerprint density at radius 3 is 2.50 bits per heavy atom. The van der Waals surface area contributed by atoms with E-state index in [0.717, 1.165) is 11.3 Å². The first kappa shape index (κ1) is 21.4. The highest BCUT2D eigenvalue weighted by Crippen LogP contribution is 2.37. The van der Waals surface area contributed by atoms with Gasteiger partial charge in [-0.3, -0.25) is 4.79 Å². The summed E-state index contributed by atoms with van der Waals surface area (Å²) in [5.74, 6) is 1.55. The fourth-order valence-corrected chi connectivity index (χ4v) is 3.38. The lowest BCUT2D eigenvalue weighted by Crippen LogP contribution is -2.13. The maximum Gasteiger partial charge on any atom is 0.259 e. The van der Waals surface area contributed by atoms with Gasteiger partial charge >= 0.3 is 0 Å². The Hall–Kier alpha value is -3.85. The number of methoxy groups -OCH3 is 2. The van der Waals surface area contributed by atoms with E-state index in [2.05, 4.69) is 20.6 Å². The van der Waals surface area contributed by atoms with Crippen molar-refractivity contribution in [3.05, 3.63) is 64.8 Å². The van der Waals surface area contributed by atoms with Gasteiger partial charge in [-0.05, 0) is 31.2 Å². The number of carbonyl (C=O) groups is 1. The molecule has 0 aliphatic carbocycles. The van der Waals surface area contributed by atoms with Crippen molar-refractivity contribution in [2.24, 2.45) is 0 Å². The quantitative estimate of drug-likeness (QED) is 0.459. The first-order valence-corrected chi connectivity index (χ1v) is 9.97. The van der Waals surface area contributed by atoms with Crippen LogP contribution in [0.4, 0.5) is 5.69 Å². The summed E-state index contributed by atoms with van der Waals surface area (Å²) in [6.07, 6.45) is 1.65. The monoisotopic (exact) mass is 453 g/mol. The lowest BCUT2D eigenvalue weighted by atomic mass is 10.2. The molecule has 1 amide bonds. The van der Waals surface area contributed by atoms with E-state index in [4.69, 9.17) is 25.6 Å². The number of amides is 1. The van der Waals surface area contributed by atoms with Gasteiger partial charge in [0.05, 0.1) is 36.2 Å². The summed E-state index contributed by atoms with van der Waals surface area (Å²) in [6.45, 7) is 3.49. The van der Waals surface area contributed by atoms with Gasteiger partial charge in [0, 0.05) is 30.8 Å². The van der Waals surface area contributed by atoms with Crippen molar-refractivity contribution in [3.63, 3.8) is 0 Å². The van der Waals surface area contributed by atoms with Gasteiger partial charge in [0.25, 0.3) is 5.91 Å². The van der Waals surface area contributed by atoms with Gasteiger partial charge in [0.2, 0.25) is 11.7 Å². The third-order valence-corrected chi connectivity index (χ3v) is 5.08. The number of hydrogen-bond acceptors (Lipinski definition) is 7. The van der Waals surface area contributed by atoms with Crippen molar-refractivity contribution in [1.82, 2.24) is 19.9 Å². The molecule has 0 unspecified atom stereocenters. The normalized spacial score (nSPS) is 10.8. The van der Waals surface area contributed by atoms with Crippen LogP contribution in [0.5, 0.6) is 11.5 Å². The van der Waals surface area contributed by atoms with Gasteiger partial charge in [-0.25, -0.2) is 4.68 Å². The lowest BCUT2D eigenvalue weighted by molar-refractivity contribution is 0.102. The summed E-state index contributed by atoms with van der Waals surface area (Å²) < 4.78 is 17.2. The van der Waals surface area contributed by atoms with Crippen molar-refractivity contribution in [3.8, 4) is 28.6 Å². The van der Waals surface area contributed by atoms with Crippen LogP contribution in [-0.4, -0.2) is 40.0 Å². The summed E-state index contributed by atoms with van der Waals surface area (Å²) in [6, 6.07) is 10.7. The van der Waals surface area contributed by atoms with Crippen LogP contribution in [-0.2, 0) is 0 Å². The van der Waals surface area contributed by atoms with E-state index in [1.807, 2.05) is 24.3 Å². The number of nitrogens with one attached hydrogen (secondary N) is 1. The Bertz CT molecular complexity index is 1280. The number of halogens is 1. The second-order valence-electron chi connectivity index (χ2n) is 6.90. The van der Waals surface area contributed by atoms with Crippen LogP contribution < -0.4 is 14.8 Å². The van der Waals surface area contributed by atoms with Crippen molar-refractivity contribution < 1.29 is 18.8 Å². The van der Waals surface area contributed by atoms with Gasteiger partial charge in [-0.2, -0.15) is 10.1 Å². The molecule has 2 aromatic carbocycles. The molecule has 0 aliphatic heterocycles. The Labute approximate surface area is 188 Å². The van der Waals surface area contributed by atoms with Crippen LogP contribution >= 0.6 is 11.6 Å². The maximum absolute atomic E-state index is 13.0. The standard InChI is InChI=1S/C22H20ClN5O4/c1-12-17(22(29)25-20-18(23)9-16(30-3)10-19(20)31-4)11-28(26-12)15-7-5-14(6-8-15)21-24-13(2)32-27-21/h5-11H,1-4H3,(H,25,29). The number of benzene rings is 2. The van der Waals surface area contributed by atoms with E-state index in [-0.39, 0.29) is 5.91 Å². The zero-order chi connectivity index (χ0) is 22.8. The van der Waals surface area contributed by atoms with Gasteiger partial charge < -0.3 is 19.3 Å². The summed E-state index contributed by atoms with van der Waals surface area (Å²) in [5, 5.41) is 11.5. The molecule has 0 radical (unpaired) electrons. The zero-order valence-electron chi connectivity index (χ0n) is 17.8. The minimum absolute atomic E-state index is 0.298. The Morgan fingerprint density at radius 1 is 1.12 bits per heavy atom. The van der Waals surface area contributed by atoms with E-state index in [1.165, 1.54) is 14.2 Å². The predicted molar refractivity (Wildman–Crippen MR) is 119 cm³/mol. The number of nitrogens with zero attached hydrogens (tertiary/aromatic N) is 4. The molecule has 32 heavy (non-hydrogen) atoms. The molecule has 4 aromatic rings. The number of aryl methyl sites for hydroxylation is 2. The highest BCUT2D eigenvalue weighted by molar-refractivity contribution is 6.34. The molecule has 0 fully saturated rings. The fraction of sp³-hybridized carbons (Fsp3) is 0.182. The van der Waals surface area contributed by atoms with Gasteiger partial charge in [0.15, 0.2) is 0 Å². The average Bonchev–Trinajstić information content (AvgIpc) is 3.40. The number of aromatic nitrogens is 4. The van der Waals surface area contributed by atoms with Crippen molar-refractivity contribution in [2.75, 3.05) is 19.5 Å². The van der Waals surface area contributed by atoms with Crippen LogP contribution in [0.1, 0.15) is 21.9 Å². The Kier molecular flexibility index (Phi) is 5.83. The van der Waals surface area contributed by atoms with Crippen LogP contribution in [0, 0.1) is 13.8 Å². The van der Waals surface area contributed by atoms with Crippen molar-refractivity contribution in [1.29, 1.82) is 0 Å². The number of ether oxygens (including phenoxy) is 2. The van der Waals surface area contributed by atoms with E-state index >= 15 is 0 Å². The van der Waals surface area contributed by atoms with E-state index in [9.17, 15) is 4.79 Å². The first-order chi connectivity index (χ1) is 15.4. The smallest absolute Gasteiger partial charge is 0.259 e. The Balaban J connectivity index is 1.58. The summed E-state index contributed by atoms with van der Waals surface area (Å²) in [5.41, 5.74) is 2.90. The summed E-state index contributed by atoms with van der Waals surface area (Å²) in [7, 11) is 3.01. The minimum atomic E-state index is -0.363. The number of rotatable bonds is 6. The molecule has 0 saturated heterocycles. The zero-order valence-corrected chi connectivity index (χ0v) is 18.6. The molecule has 164 valence electrons. The molecular formula is C22H20ClN5O4. The second kappa shape index (κ2) is 8.72. The number of carbonyl (C=O) groups excluding carboxylic acids is 1. The molecule has 0 aliphatic rings. The Morgan fingerprint density at radius 2 is 1.88 bits per heavy atom. The van der Waals surface area contributed by atoms with Crippen molar-refractivity contribution in [2.45, 2.75) is 13.8 Å². The first-order valence-electron chi connectivity index (χ1n) is 9.60. The van der Waals surface area contributed by atoms with Gasteiger partial charge in [0.1, 0.15) is 17.2 Å². The molecule has 0 bridgehead atoms.